The molecule has 1 aromatic carbocycles. The van der Waals surface area contributed by atoms with E-state index >= 15 is 0 Å². The molecule has 0 spiro atoms. The molecule has 2 rings (SSSR count). The van der Waals surface area contributed by atoms with Crippen LogP contribution in [0.2, 0.25) is 0 Å². The monoisotopic (exact) mass is 420 g/mol. The van der Waals surface area contributed by atoms with Gasteiger partial charge in [0.25, 0.3) is 5.91 Å². The zero-order valence-corrected chi connectivity index (χ0v) is 17.9. The summed E-state index contributed by atoms with van der Waals surface area (Å²) < 4.78 is 10.6. The Kier molecular flexibility index (Phi) is 9.20. The maximum Gasteiger partial charge on any atom is 0.259 e. The quantitative estimate of drug-likeness (QED) is 0.481. The van der Waals surface area contributed by atoms with Gasteiger partial charge in [-0.25, -0.2) is 4.98 Å². The molecule has 8 nitrogen and oxygen atoms in total. The number of aromatic nitrogens is 1. The van der Waals surface area contributed by atoms with Gasteiger partial charge in [0.15, 0.2) is 5.13 Å². The minimum atomic E-state index is -0.305. The number of rotatable bonds is 11. The third-order valence-electron chi connectivity index (χ3n) is 4.13. The van der Waals surface area contributed by atoms with E-state index in [0.29, 0.717) is 42.7 Å². The second-order valence-electron chi connectivity index (χ2n) is 6.42. The topological polar surface area (TPSA) is 116 Å². The number of benzene rings is 1. The standard InChI is InChI=1S/C20H28N4O4S/c1-13-5-4-6-16(23-17(25)7-9-27-11-12-28-10-8-21)18(13)19(26)24-20-22-14(2)15(3)29-20/h4-6H,7-12,21H2,1-3H3,(H,23,25)(H,22,24,26). The number of thiazole rings is 1. The fraction of sp³-hybridized carbons (Fsp3) is 0.450. The van der Waals surface area contributed by atoms with Crippen LogP contribution in [0.15, 0.2) is 18.2 Å². The zero-order valence-electron chi connectivity index (χ0n) is 17.0. The van der Waals surface area contributed by atoms with E-state index in [1.165, 1.54) is 11.3 Å². The van der Waals surface area contributed by atoms with E-state index in [4.69, 9.17) is 15.2 Å². The van der Waals surface area contributed by atoms with Crippen LogP contribution in [-0.2, 0) is 14.3 Å². The Labute approximate surface area is 174 Å². The number of hydrogen-bond acceptors (Lipinski definition) is 7. The van der Waals surface area contributed by atoms with Crippen molar-refractivity contribution in [2.45, 2.75) is 27.2 Å². The van der Waals surface area contributed by atoms with E-state index in [1.54, 1.807) is 12.1 Å². The Bertz CT molecular complexity index is 818. The number of nitrogens with two attached hydrogens (primary N) is 1. The summed E-state index contributed by atoms with van der Waals surface area (Å²) in [6.45, 7) is 7.74. The highest BCUT2D eigenvalue weighted by Gasteiger charge is 2.18. The minimum absolute atomic E-state index is 0.177. The number of hydrogen-bond donors (Lipinski definition) is 3. The highest BCUT2D eigenvalue weighted by atomic mass is 32.1. The normalized spacial score (nSPS) is 10.8. The van der Waals surface area contributed by atoms with Crippen molar-refractivity contribution in [2.75, 3.05) is 43.6 Å². The molecule has 1 heterocycles. The van der Waals surface area contributed by atoms with E-state index in [1.807, 2.05) is 26.8 Å². The zero-order chi connectivity index (χ0) is 21.2. The van der Waals surface area contributed by atoms with Gasteiger partial charge in [0, 0.05) is 11.4 Å². The van der Waals surface area contributed by atoms with Crippen LogP contribution in [0, 0.1) is 20.8 Å². The molecule has 0 radical (unpaired) electrons. The maximum atomic E-state index is 12.8. The van der Waals surface area contributed by atoms with E-state index in [-0.39, 0.29) is 24.8 Å². The molecule has 158 valence electrons. The number of anilines is 2. The summed E-state index contributed by atoms with van der Waals surface area (Å²) in [6.07, 6.45) is 0.177. The first-order valence-electron chi connectivity index (χ1n) is 9.42. The first-order valence-corrected chi connectivity index (χ1v) is 10.2. The predicted octanol–water partition coefficient (Wildman–Crippen LogP) is 2.64. The van der Waals surface area contributed by atoms with Crippen molar-refractivity contribution in [3.8, 4) is 0 Å². The molecule has 29 heavy (non-hydrogen) atoms. The molecule has 0 aliphatic rings. The van der Waals surface area contributed by atoms with Gasteiger partial charge in [0.2, 0.25) is 5.91 Å². The molecular weight excluding hydrogens is 392 g/mol. The van der Waals surface area contributed by atoms with Gasteiger partial charge in [-0.2, -0.15) is 0 Å². The lowest BCUT2D eigenvalue weighted by Gasteiger charge is -2.13. The van der Waals surface area contributed by atoms with Crippen LogP contribution in [-0.4, -0.2) is 49.8 Å². The SMILES string of the molecule is Cc1cccc(NC(=O)CCOCCOCCN)c1C(=O)Nc1nc(C)c(C)s1. The molecule has 0 aliphatic carbocycles. The van der Waals surface area contributed by atoms with Gasteiger partial charge in [-0.1, -0.05) is 12.1 Å². The lowest BCUT2D eigenvalue weighted by Crippen LogP contribution is -2.20. The molecule has 9 heteroatoms. The third-order valence-corrected chi connectivity index (χ3v) is 5.12. The average molecular weight is 421 g/mol. The van der Waals surface area contributed by atoms with Crippen molar-refractivity contribution < 1.29 is 19.1 Å². The second-order valence-corrected chi connectivity index (χ2v) is 7.63. The third kappa shape index (κ3) is 7.21. The maximum absolute atomic E-state index is 12.8. The van der Waals surface area contributed by atoms with Crippen molar-refractivity contribution in [1.29, 1.82) is 0 Å². The number of carbonyl (C=O) groups excluding carboxylic acids is 2. The number of ether oxygens (including phenoxy) is 2. The van der Waals surface area contributed by atoms with Crippen molar-refractivity contribution >= 4 is 34.0 Å². The number of nitrogens with zero attached hydrogens (tertiary/aromatic N) is 1. The van der Waals surface area contributed by atoms with Gasteiger partial charge < -0.3 is 20.5 Å². The summed E-state index contributed by atoms with van der Waals surface area (Å²) in [5.74, 6) is -0.533. The Balaban J connectivity index is 1.93. The molecule has 0 bridgehead atoms. The molecule has 0 saturated carbocycles. The van der Waals surface area contributed by atoms with E-state index in [2.05, 4.69) is 15.6 Å². The summed E-state index contributed by atoms with van der Waals surface area (Å²) in [4.78, 5) is 30.4. The molecule has 1 aromatic heterocycles. The van der Waals surface area contributed by atoms with E-state index in [0.717, 1.165) is 16.1 Å². The summed E-state index contributed by atoms with van der Waals surface area (Å²) >= 11 is 1.42. The minimum Gasteiger partial charge on any atom is -0.379 e. The largest absolute Gasteiger partial charge is 0.379 e. The van der Waals surface area contributed by atoms with Gasteiger partial charge in [-0.05, 0) is 32.4 Å². The van der Waals surface area contributed by atoms with Crippen molar-refractivity contribution in [2.24, 2.45) is 5.73 Å². The lowest BCUT2D eigenvalue weighted by atomic mass is 10.1. The summed E-state index contributed by atoms with van der Waals surface area (Å²) in [5.41, 5.74) is 7.86. The van der Waals surface area contributed by atoms with Crippen LogP contribution >= 0.6 is 11.3 Å². The van der Waals surface area contributed by atoms with Crippen molar-refractivity contribution in [3.63, 3.8) is 0 Å². The van der Waals surface area contributed by atoms with Gasteiger partial charge in [-0.15, -0.1) is 11.3 Å². The Morgan fingerprint density at radius 3 is 2.45 bits per heavy atom. The molecule has 0 saturated heterocycles. The highest BCUT2D eigenvalue weighted by Crippen LogP contribution is 2.25. The van der Waals surface area contributed by atoms with Crippen LogP contribution < -0.4 is 16.4 Å². The molecule has 2 aromatic rings. The molecule has 0 aliphatic heterocycles. The summed E-state index contributed by atoms with van der Waals surface area (Å²) in [5, 5.41) is 6.16. The van der Waals surface area contributed by atoms with Crippen LogP contribution in [0.25, 0.3) is 0 Å². The molecule has 0 atom stereocenters. The fourth-order valence-electron chi connectivity index (χ4n) is 2.54. The van der Waals surface area contributed by atoms with Gasteiger partial charge in [0.05, 0.1) is 49.8 Å². The summed E-state index contributed by atoms with van der Waals surface area (Å²) in [7, 11) is 0. The van der Waals surface area contributed by atoms with E-state index in [9.17, 15) is 9.59 Å². The number of nitrogens with one attached hydrogen (secondary N) is 2. The number of carbonyl (C=O) groups is 2. The van der Waals surface area contributed by atoms with Crippen LogP contribution in [0.1, 0.15) is 32.9 Å². The first kappa shape index (κ1) is 23.0. The van der Waals surface area contributed by atoms with Crippen molar-refractivity contribution in [1.82, 2.24) is 4.98 Å². The Morgan fingerprint density at radius 2 is 1.79 bits per heavy atom. The fourth-order valence-corrected chi connectivity index (χ4v) is 3.35. The van der Waals surface area contributed by atoms with Crippen molar-refractivity contribution in [3.05, 3.63) is 39.9 Å². The second kappa shape index (κ2) is 11.6. The number of amides is 2. The molecule has 0 unspecified atom stereocenters. The highest BCUT2D eigenvalue weighted by molar-refractivity contribution is 7.15. The van der Waals surface area contributed by atoms with Gasteiger partial charge in [-0.3, -0.25) is 14.9 Å². The van der Waals surface area contributed by atoms with Gasteiger partial charge >= 0.3 is 0 Å². The summed E-state index contributed by atoms with van der Waals surface area (Å²) in [6, 6.07) is 5.33. The molecule has 4 N–H and O–H groups in total. The predicted molar refractivity (Wildman–Crippen MR) is 115 cm³/mol. The first-order chi connectivity index (χ1) is 13.9. The number of aryl methyl sites for hydroxylation is 3. The van der Waals surface area contributed by atoms with Gasteiger partial charge in [0.1, 0.15) is 0 Å². The van der Waals surface area contributed by atoms with E-state index < -0.39 is 0 Å². The van der Waals surface area contributed by atoms with Crippen LogP contribution in [0.3, 0.4) is 0 Å². The molecule has 0 fully saturated rings. The smallest absolute Gasteiger partial charge is 0.259 e. The molecule has 2 amide bonds. The Morgan fingerprint density at radius 1 is 1.07 bits per heavy atom. The van der Waals surface area contributed by atoms with Crippen LogP contribution in [0.4, 0.5) is 10.8 Å². The van der Waals surface area contributed by atoms with Crippen LogP contribution in [0.5, 0.6) is 0 Å². The lowest BCUT2D eigenvalue weighted by molar-refractivity contribution is -0.117. The average Bonchev–Trinajstić information content (AvgIpc) is 2.98. The Hall–Kier alpha value is -2.33. The molecular formula is C20H28N4O4S.